The van der Waals surface area contributed by atoms with Gasteiger partial charge in [0.25, 0.3) is 0 Å². The van der Waals surface area contributed by atoms with Gasteiger partial charge >= 0.3 is 0 Å². The van der Waals surface area contributed by atoms with Crippen LogP contribution in [0.25, 0.3) is 99.0 Å². The molecule has 0 atom stereocenters. The average molecular weight is 624 g/mol. The molecule has 0 aliphatic heterocycles. The molecule has 49 heavy (non-hydrogen) atoms. The molecule has 2 nitrogen and oxygen atoms in total. The highest BCUT2D eigenvalue weighted by molar-refractivity contribution is 6.16. The van der Waals surface area contributed by atoms with Gasteiger partial charge in [0.2, 0.25) is 0 Å². The van der Waals surface area contributed by atoms with Crippen molar-refractivity contribution in [1.82, 2.24) is 4.98 Å². The zero-order valence-electron chi connectivity index (χ0n) is 26.6. The highest BCUT2D eigenvalue weighted by Crippen LogP contribution is 2.39. The van der Waals surface area contributed by atoms with E-state index in [0.717, 1.165) is 54.9 Å². The molecule has 0 radical (unpaired) electrons. The quantitative estimate of drug-likeness (QED) is 0.144. The van der Waals surface area contributed by atoms with E-state index in [1.54, 1.807) is 0 Å². The molecule has 2 aromatic heterocycles. The van der Waals surface area contributed by atoms with Gasteiger partial charge in [-0.1, -0.05) is 115 Å². The number of rotatable bonds is 4. The third kappa shape index (κ3) is 4.69. The van der Waals surface area contributed by atoms with Gasteiger partial charge in [-0.25, -0.2) is 4.98 Å². The topological polar surface area (TPSA) is 26.0 Å². The number of fused-ring (bicyclic) bond motifs is 7. The van der Waals surface area contributed by atoms with E-state index in [0.29, 0.717) is 0 Å². The normalized spacial score (nSPS) is 11.7. The summed E-state index contributed by atoms with van der Waals surface area (Å²) < 4.78 is 6.27. The van der Waals surface area contributed by atoms with Crippen molar-refractivity contribution in [3.05, 3.63) is 176 Å². The Bertz CT molecular complexity index is 2810. The largest absolute Gasteiger partial charge is 0.456 e. The maximum absolute atomic E-state index is 6.27. The minimum atomic E-state index is 0.897. The lowest BCUT2D eigenvalue weighted by atomic mass is 9.92. The summed E-state index contributed by atoms with van der Waals surface area (Å²) in [4.78, 5) is 5.25. The summed E-state index contributed by atoms with van der Waals surface area (Å²) in [5.41, 5.74) is 13.2. The number of pyridine rings is 1. The van der Waals surface area contributed by atoms with Gasteiger partial charge in [0.15, 0.2) is 0 Å². The summed E-state index contributed by atoms with van der Waals surface area (Å²) in [5.74, 6) is 0. The van der Waals surface area contributed by atoms with E-state index >= 15 is 0 Å². The molecule has 10 rings (SSSR count). The van der Waals surface area contributed by atoms with Crippen LogP contribution in [0.5, 0.6) is 0 Å². The van der Waals surface area contributed by atoms with E-state index in [2.05, 4.69) is 164 Å². The van der Waals surface area contributed by atoms with Gasteiger partial charge in [-0.3, -0.25) is 0 Å². The molecule has 0 unspecified atom stereocenters. The summed E-state index contributed by atoms with van der Waals surface area (Å²) in [6.45, 7) is 0. The number of nitrogens with zero attached hydrogens (tertiary/aromatic N) is 1. The SMILES string of the molecule is c1ccc(-c2cc(-c3ccccc3)cc(-c3ccc4nc5cc(-c6ccc7c(c6)oc6ccccc67)c6ccccc6c5cc4c3)c2)cc1. The lowest BCUT2D eigenvalue weighted by Gasteiger charge is -2.13. The van der Waals surface area contributed by atoms with Crippen molar-refractivity contribution in [2.75, 3.05) is 0 Å². The highest BCUT2D eigenvalue weighted by atomic mass is 16.3. The third-order valence-electron chi connectivity index (χ3n) is 9.80. The maximum atomic E-state index is 6.27. The summed E-state index contributed by atoms with van der Waals surface area (Å²) >= 11 is 0. The van der Waals surface area contributed by atoms with Crippen molar-refractivity contribution < 1.29 is 4.42 Å². The van der Waals surface area contributed by atoms with Crippen LogP contribution in [0.3, 0.4) is 0 Å². The van der Waals surface area contributed by atoms with E-state index in [-0.39, 0.29) is 0 Å². The monoisotopic (exact) mass is 623 g/mol. The fourth-order valence-corrected chi connectivity index (χ4v) is 7.39. The Labute approximate surface area is 283 Å². The Morgan fingerprint density at radius 1 is 0.306 bits per heavy atom. The molecule has 0 saturated carbocycles. The van der Waals surface area contributed by atoms with Crippen LogP contribution in [-0.4, -0.2) is 4.98 Å². The van der Waals surface area contributed by atoms with Crippen molar-refractivity contribution in [3.8, 4) is 44.5 Å². The predicted octanol–water partition coefficient (Wildman–Crippen LogP) is 13.1. The summed E-state index contributed by atoms with van der Waals surface area (Å²) in [5, 5.41) is 6.94. The molecule has 10 aromatic rings. The van der Waals surface area contributed by atoms with Gasteiger partial charge in [0.1, 0.15) is 11.2 Å². The molecule has 228 valence electrons. The van der Waals surface area contributed by atoms with Crippen LogP contribution in [-0.2, 0) is 0 Å². The van der Waals surface area contributed by atoms with Gasteiger partial charge in [0, 0.05) is 21.5 Å². The first-order valence-corrected chi connectivity index (χ1v) is 16.7. The number of para-hydroxylation sites is 1. The van der Waals surface area contributed by atoms with Crippen LogP contribution in [0, 0.1) is 0 Å². The average Bonchev–Trinajstić information content (AvgIpc) is 3.55. The molecule has 0 aliphatic carbocycles. The minimum Gasteiger partial charge on any atom is -0.456 e. The van der Waals surface area contributed by atoms with E-state index in [1.807, 2.05) is 12.1 Å². The van der Waals surface area contributed by atoms with Gasteiger partial charge in [-0.15, -0.1) is 0 Å². The van der Waals surface area contributed by atoms with E-state index in [9.17, 15) is 0 Å². The summed E-state index contributed by atoms with van der Waals surface area (Å²) in [6.07, 6.45) is 0. The van der Waals surface area contributed by atoms with Gasteiger partial charge < -0.3 is 4.42 Å². The van der Waals surface area contributed by atoms with Gasteiger partial charge in [0.05, 0.1) is 11.0 Å². The summed E-state index contributed by atoms with van der Waals surface area (Å²) in [6, 6.07) is 62.8. The molecule has 8 aromatic carbocycles. The minimum absolute atomic E-state index is 0.897. The van der Waals surface area contributed by atoms with Crippen LogP contribution in [0.2, 0.25) is 0 Å². The molecule has 0 bridgehead atoms. The van der Waals surface area contributed by atoms with Crippen LogP contribution in [0.15, 0.2) is 180 Å². The van der Waals surface area contributed by atoms with Crippen LogP contribution in [0.4, 0.5) is 0 Å². The highest BCUT2D eigenvalue weighted by Gasteiger charge is 2.14. The second-order valence-electron chi connectivity index (χ2n) is 12.8. The van der Waals surface area contributed by atoms with Crippen molar-refractivity contribution in [2.45, 2.75) is 0 Å². The number of hydrogen-bond donors (Lipinski definition) is 0. The molecule has 2 heteroatoms. The van der Waals surface area contributed by atoms with Gasteiger partial charge in [-0.2, -0.15) is 0 Å². The molecule has 0 N–H and O–H groups in total. The van der Waals surface area contributed by atoms with E-state index in [4.69, 9.17) is 9.40 Å². The maximum Gasteiger partial charge on any atom is 0.136 e. The van der Waals surface area contributed by atoms with Crippen LogP contribution < -0.4 is 0 Å². The van der Waals surface area contributed by atoms with Crippen molar-refractivity contribution in [3.63, 3.8) is 0 Å². The lowest BCUT2D eigenvalue weighted by molar-refractivity contribution is 0.669. The first kappa shape index (κ1) is 27.6. The first-order chi connectivity index (χ1) is 24.2. The van der Waals surface area contributed by atoms with Gasteiger partial charge in [-0.05, 0) is 116 Å². The molecule has 0 saturated heterocycles. The van der Waals surface area contributed by atoms with Crippen molar-refractivity contribution in [2.24, 2.45) is 0 Å². The molecule has 0 aliphatic rings. The number of benzene rings is 8. The van der Waals surface area contributed by atoms with E-state index in [1.165, 1.54) is 44.2 Å². The Hall–Kier alpha value is -6.51. The third-order valence-corrected chi connectivity index (χ3v) is 9.80. The number of hydrogen-bond acceptors (Lipinski definition) is 2. The second kappa shape index (κ2) is 11.0. The van der Waals surface area contributed by atoms with E-state index < -0.39 is 0 Å². The van der Waals surface area contributed by atoms with Crippen molar-refractivity contribution in [1.29, 1.82) is 0 Å². The molecular formula is C47H29NO. The van der Waals surface area contributed by atoms with Crippen LogP contribution >= 0.6 is 0 Å². The standard InChI is InChI=1S/C47H29NO/c1-3-11-30(12-4-1)34-24-35(31-13-5-2-6-14-31)26-36(25-34)32-20-22-44-37(23-32)27-43-39-16-8-7-15-38(39)42(29-45(43)48-44)33-19-21-41-40-17-9-10-18-46(40)49-47(41)28-33/h1-29H. The Morgan fingerprint density at radius 3 is 1.63 bits per heavy atom. The first-order valence-electron chi connectivity index (χ1n) is 16.7. The zero-order chi connectivity index (χ0) is 32.3. The fraction of sp³-hybridized carbons (Fsp3) is 0. The molecular weight excluding hydrogens is 595 g/mol. The smallest absolute Gasteiger partial charge is 0.136 e. The Balaban J connectivity index is 1.14. The molecule has 2 heterocycles. The van der Waals surface area contributed by atoms with Crippen molar-refractivity contribution >= 4 is 54.5 Å². The number of aromatic nitrogens is 1. The molecule has 0 amide bonds. The second-order valence-corrected chi connectivity index (χ2v) is 12.8. The van der Waals surface area contributed by atoms with Crippen LogP contribution in [0.1, 0.15) is 0 Å². The summed E-state index contributed by atoms with van der Waals surface area (Å²) in [7, 11) is 0. The zero-order valence-corrected chi connectivity index (χ0v) is 26.6. The molecule has 0 spiro atoms. The Kier molecular flexibility index (Phi) is 6.22. The number of furan rings is 1. The molecule has 0 fully saturated rings. The predicted molar refractivity (Wildman–Crippen MR) is 206 cm³/mol. The Morgan fingerprint density at radius 2 is 0.898 bits per heavy atom. The fourth-order valence-electron chi connectivity index (χ4n) is 7.39. The lowest BCUT2D eigenvalue weighted by Crippen LogP contribution is -1.90.